The second-order valence-electron chi connectivity index (χ2n) is 4.47. The number of alkyl halides is 3. The van der Waals surface area contributed by atoms with Crippen LogP contribution in [-0.2, 0) is 12.6 Å². The van der Waals surface area contributed by atoms with E-state index in [-0.39, 0.29) is 36.2 Å². The lowest BCUT2D eigenvalue weighted by molar-refractivity contribution is -0.137. The Kier molecular flexibility index (Phi) is 5.79. The molecule has 1 aromatic heterocycles. The van der Waals surface area contributed by atoms with Gasteiger partial charge in [0.05, 0.1) is 48.9 Å². The van der Waals surface area contributed by atoms with E-state index in [4.69, 9.17) is 63.3 Å². The molecule has 0 fully saturated rings. The zero-order chi connectivity index (χ0) is 18.2. The Morgan fingerprint density at radius 2 is 1.46 bits per heavy atom. The van der Waals surface area contributed by atoms with E-state index in [1.807, 2.05) is 0 Å². The third-order valence-electron chi connectivity index (χ3n) is 3.04. The van der Waals surface area contributed by atoms with Gasteiger partial charge in [-0.15, -0.1) is 0 Å². The number of hydrogen-bond donors (Lipinski definition) is 0. The summed E-state index contributed by atoms with van der Waals surface area (Å²) < 4.78 is 40.6. The molecule has 0 radical (unpaired) electrons. The molecule has 0 unspecified atom stereocenters. The molecule has 2 nitrogen and oxygen atoms in total. The molecule has 2 aromatic rings. The predicted molar refractivity (Wildman–Crippen MR) is 89.0 cm³/mol. The van der Waals surface area contributed by atoms with Crippen LogP contribution in [0, 0.1) is 11.3 Å². The van der Waals surface area contributed by atoms with E-state index >= 15 is 0 Å². The van der Waals surface area contributed by atoms with Gasteiger partial charge in [-0.05, 0) is 11.6 Å². The van der Waals surface area contributed by atoms with Gasteiger partial charge in [-0.1, -0.05) is 58.0 Å². The molecule has 0 spiro atoms. The minimum atomic E-state index is -4.80. The van der Waals surface area contributed by atoms with E-state index in [0.717, 1.165) is 12.3 Å². The molecule has 0 saturated heterocycles. The third kappa shape index (κ3) is 3.40. The molecule has 0 aliphatic carbocycles. The maximum Gasteiger partial charge on any atom is 0.418 e. The second-order valence-corrected chi connectivity index (χ2v) is 6.36. The highest BCUT2D eigenvalue weighted by molar-refractivity contribution is 6.56. The Bertz CT molecular complexity index is 830. The number of rotatable bonds is 2. The third-order valence-corrected chi connectivity index (χ3v) is 5.31. The first-order valence-electron chi connectivity index (χ1n) is 6.05. The van der Waals surface area contributed by atoms with Crippen LogP contribution in [0.5, 0.6) is 0 Å². The van der Waals surface area contributed by atoms with Crippen molar-refractivity contribution < 1.29 is 13.2 Å². The highest BCUT2D eigenvalue weighted by Crippen LogP contribution is 2.50. The summed E-state index contributed by atoms with van der Waals surface area (Å²) >= 11 is 29.7. The van der Waals surface area contributed by atoms with Gasteiger partial charge in [0.2, 0.25) is 0 Å². The zero-order valence-electron chi connectivity index (χ0n) is 11.3. The number of hydrogen-bond acceptors (Lipinski definition) is 2. The van der Waals surface area contributed by atoms with Gasteiger partial charge in [0.1, 0.15) is 0 Å². The molecule has 126 valence electrons. The van der Waals surface area contributed by atoms with Gasteiger partial charge in [-0.3, -0.25) is 4.98 Å². The van der Waals surface area contributed by atoms with E-state index in [0.29, 0.717) is 0 Å². The van der Waals surface area contributed by atoms with Crippen molar-refractivity contribution in [1.29, 1.82) is 5.26 Å². The molecule has 0 aliphatic rings. The van der Waals surface area contributed by atoms with E-state index in [1.165, 1.54) is 0 Å². The lowest BCUT2D eigenvalue weighted by Gasteiger charge is -2.18. The van der Waals surface area contributed by atoms with E-state index in [2.05, 4.69) is 4.98 Å². The van der Waals surface area contributed by atoms with Crippen LogP contribution in [0.25, 0.3) is 11.3 Å². The monoisotopic (exact) mass is 432 g/mol. The molecule has 0 saturated carbocycles. The lowest BCUT2D eigenvalue weighted by atomic mass is 9.98. The molecule has 0 aliphatic heterocycles. The summed E-state index contributed by atoms with van der Waals surface area (Å²) in [5.41, 5.74) is -2.29. The van der Waals surface area contributed by atoms with Crippen molar-refractivity contribution in [3.8, 4) is 17.3 Å². The minimum absolute atomic E-state index is 0.182. The van der Waals surface area contributed by atoms with Gasteiger partial charge >= 0.3 is 6.18 Å². The number of pyridine rings is 1. The van der Waals surface area contributed by atoms with E-state index in [9.17, 15) is 13.2 Å². The Labute approximate surface area is 159 Å². The summed E-state index contributed by atoms with van der Waals surface area (Å²) in [4.78, 5) is 3.73. The van der Waals surface area contributed by atoms with Crippen LogP contribution in [0.3, 0.4) is 0 Å². The number of nitriles is 1. The normalized spacial score (nSPS) is 11.5. The van der Waals surface area contributed by atoms with E-state index in [1.54, 1.807) is 6.07 Å². The average molecular weight is 434 g/mol. The molecule has 0 amide bonds. The first-order valence-corrected chi connectivity index (χ1v) is 7.94. The largest absolute Gasteiger partial charge is 0.418 e. The van der Waals surface area contributed by atoms with Gasteiger partial charge in [-0.25, -0.2) is 0 Å². The van der Waals surface area contributed by atoms with Crippen molar-refractivity contribution in [3.05, 3.63) is 48.5 Å². The average Bonchev–Trinajstić information content (AvgIpc) is 2.50. The first kappa shape index (κ1) is 19.4. The maximum absolute atomic E-state index is 13.5. The Morgan fingerprint density at radius 1 is 0.958 bits per heavy atom. The molecular weight excluding hydrogens is 430 g/mol. The molecular formula is C14H4Cl5F3N2. The van der Waals surface area contributed by atoms with Gasteiger partial charge in [0.15, 0.2) is 0 Å². The van der Waals surface area contributed by atoms with Crippen LogP contribution in [-0.4, -0.2) is 4.98 Å². The summed E-state index contributed by atoms with van der Waals surface area (Å²) in [7, 11) is 0. The Hall–Kier alpha value is -0.900. The van der Waals surface area contributed by atoms with Crippen molar-refractivity contribution in [1.82, 2.24) is 4.98 Å². The fraction of sp³-hybridized carbons (Fsp3) is 0.143. The summed E-state index contributed by atoms with van der Waals surface area (Å²) in [5, 5.41) is 7.45. The molecule has 0 bridgehead atoms. The zero-order valence-corrected chi connectivity index (χ0v) is 15.1. The second kappa shape index (κ2) is 7.15. The summed E-state index contributed by atoms with van der Waals surface area (Å²) in [6, 6.07) is 2.76. The number of aromatic nitrogens is 1. The summed E-state index contributed by atoms with van der Waals surface area (Å²) in [6.45, 7) is 0. The fourth-order valence-corrected chi connectivity index (χ4v) is 3.37. The van der Waals surface area contributed by atoms with Gasteiger partial charge in [-0.2, -0.15) is 18.4 Å². The number of halogens is 8. The SMILES string of the molecule is N#CCc1ccnc(-c2c(Cl)c(Cl)c(Cl)c(Cl)c2Cl)c1C(F)(F)F. The number of benzene rings is 1. The van der Waals surface area contributed by atoms with Crippen molar-refractivity contribution in [2.45, 2.75) is 12.6 Å². The molecule has 1 aromatic carbocycles. The van der Waals surface area contributed by atoms with Crippen molar-refractivity contribution >= 4 is 58.0 Å². The van der Waals surface area contributed by atoms with Gasteiger partial charge < -0.3 is 0 Å². The smallest absolute Gasteiger partial charge is 0.255 e. The molecule has 2 rings (SSSR count). The minimum Gasteiger partial charge on any atom is -0.255 e. The molecule has 10 heteroatoms. The molecule has 24 heavy (non-hydrogen) atoms. The summed E-state index contributed by atoms with van der Waals surface area (Å²) in [5.74, 6) is 0. The van der Waals surface area contributed by atoms with Crippen LogP contribution < -0.4 is 0 Å². The quantitative estimate of drug-likeness (QED) is 0.373. The Morgan fingerprint density at radius 3 is 1.92 bits per heavy atom. The highest BCUT2D eigenvalue weighted by Gasteiger charge is 2.38. The lowest BCUT2D eigenvalue weighted by Crippen LogP contribution is -2.13. The highest BCUT2D eigenvalue weighted by atomic mass is 35.5. The summed E-state index contributed by atoms with van der Waals surface area (Å²) in [6.07, 6.45) is -4.17. The van der Waals surface area contributed by atoms with Gasteiger partial charge in [0.25, 0.3) is 0 Å². The fourth-order valence-electron chi connectivity index (χ4n) is 2.05. The topological polar surface area (TPSA) is 36.7 Å². The van der Waals surface area contributed by atoms with Gasteiger partial charge in [0, 0.05) is 11.8 Å². The van der Waals surface area contributed by atoms with Crippen LogP contribution in [0.1, 0.15) is 11.1 Å². The van der Waals surface area contributed by atoms with Crippen LogP contribution >= 0.6 is 58.0 Å². The van der Waals surface area contributed by atoms with E-state index < -0.39 is 23.9 Å². The standard InChI is InChI=1S/C14H4Cl5F3N2/c15-8-6(9(16)11(18)12(19)10(8)17)13-7(14(20,21)22)5(1-3-23)2-4-24-13/h2,4H,1H2. The molecule has 0 atom stereocenters. The van der Waals surface area contributed by atoms with Crippen molar-refractivity contribution in [2.24, 2.45) is 0 Å². The molecule has 1 heterocycles. The first-order chi connectivity index (χ1) is 11.1. The van der Waals surface area contributed by atoms with Crippen LogP contribution in [0.2, 0.25) is 25.1 Å². The van der Waals surface area contributed by atoms with Crippen molar-refractivity contribution in [2.75, 3.05) is 0 Å². The van der Waals surface area contributed by atoms with Crippen LogP contribution in [0.4, 0.5) is 13.2 Å². The maximum atomic E-state index is 13.5. The predicted octanol–water partition coefficient (Wildman–Crippen LogP) is 7.10. The van der Waals surface area contributed by atoms with Crippen molar-refractivity contribution in [3.63, 3.8) is 0 Å². The molecule has 0 N–H and O–H groups in total. The number of nitrogens with zero attached hydrogens (tertiary/aromatic N) is 2. The van der Waals surface area contributed by atoms with Crippen LogP contribution in [0.15, 0.2) is 12.3 Å². The Balaban J connectivity index is 2.95.